The van der Waals surface area contributed by atoms with Gasteiger partial charge in [-0.3, -0.25) is 0 Å². The third kappa shape index (κ3) is 3.38. The first kappa shape index (κ1) is 15.4. The van der Waals surface area contributed by atoms with Crippen LogP contribution in [0.4, 0.5) is 4.39 Å². The normalized spacial score (nSPS) is 25.4. The third-order valence-corrected chi connectivity index (χ3v) is 5.93. The van der Waals surface area contributed by atoms with Crippen molar-refractivity contribution in [3.8, 4) is 0 Å². The molecule has 0 heterocycles. The Morgan fingerprint density at radius 3 is 2.60 bits per heavy atom. The molecule has 0 spiro atoms. The number of hydrogen-bond acceptors (Lipinski definition) is 3. The molecule has 1 aromatic rings. The van der Waals surface area contributed by atoms with E-state index >= 15 is 0 Å². The van der Waals surface area contributed by atoms with Gasteiger partial charge in [-0.25, -0.2) is 12.8 Å². The van der Waals surface area contributed by atoms with Crippen molar-refractivity contribution in [3.63, 3.8) is 0 Å². The molecular weight excluding hydrogens is 277 g/mol. The van der Waals surface area contributed by atoms with Crippen LogP contribution < -0.4 is 5.32 Å². The summed E-state index contributed by atoms with van der Waals surface area (Å²) in [6.07, 6.45) is 4.46. The Hall–Kier alpha value is -0.940. The van der Waals surface area contributed by atoms with E-state index in [1.807, 2.05) is 6.07 Å². The van der Waals surface area contributed by atoms with E-state index < -0.39 is 9.84 Å². The van der Waals surface area contributed by atoms with E-state index in [4.69, 9.17) is 0 Å². The highest BCUT2D eigenvalue weighted by Crippen LogP contribution is 2.37. The van der Waals surface area contributed by atoms with Gasteiger partial charge in [-0.05, 0) is 38.3 Å². The maximum absolute atomic E-state index is 14.0. The van der Waals surface area contributed by atoms with Crippen molar-refractivity contribution < 1.29 is 12.8 Å². The lowest BCUT2D eigenvalue weighted by Crippen LogP contribution is -2.34. The summed E-state index contributed by atoms with van der Waals surface area (Å²) in [5, 5.41) is 2.88. The number of rotatable bonds is 4. The van der Waals surface area contributed by atoms with E-state index in [0.29, 0.717) is 12.0 Å². The van der Waals surface area contributed by atoms with Crippen molar-refractivity contribution >= 4 is 9.84 Å². The van der Waals surface area contributed by atoms with E-state index in [2.05, 4.69) is 5.32 Å². The Balaban J connectivity index is 2.22. The number of sulfone groups is 1. The fraction of sp³-hybridized carbons (Fsp3) is 0.600. The molecule has 0 bridgehead atoms. The second-order valence-corrected chi connectivity index (χ2v) is 7.99. The van der Waals surface area contributed by atoms with Crippen molar-refractivity contribution in [2.45, 2.75) is 37.0 Å². The first-order valence-electron chi connectivity index (χ1n) is 7.04. The molecule has 0 aliphatic heterocycles. The zero-order valence-electron chi connectivity index (χ0n) is 12.0. The van der Waals surface area contributed by atoms with Crippen LogP contribution in [0.5, 0.6) is 0 Å². The van der Waals surface area contributed by atoms with Crippen LogP contribution in [-0.4, -0.2) is 27.0 Å². The monoisotopic (exact) mass is 299 g/mol. The highest BCUT2D eigenvalue weighted by Gasteiger charge is 2.33. The topological polar surface area (TPSA) is 46.2 Å². The summed E-state index contributed by atoms with van der Waals surface area (Å²) in [5.74, 6) is -0.0706. The first-order chi connectivity index (χ1) is 9.43. The van der Waals surface area contributed by atoms with Gasteiger partial charge < -0.3 is 5.32 Å². The van der Waals surface area contributed by atoms with E-state index in [1.165, 1.54) is 12.3 Å². The van der Waals surface area contributed by atoms with E-state index in [9.17, 15) is 12.8 Å². The summed E-state index contributed by atoms with van der Waals surface area (Å²) in [6.45, 7) is 0. The molecule has 1 aliphatic carbocycles. The standard InChI is InChI=1S/C15H22FNO2S/c1-17-15(13-8-3-4-9-14(13)16)11-6-5-7-12(10-11)20(2,18)19/h3-4,8-9,11-12,15,17H,5-7,10H2,1-2H3. The molecule has 3 atom stereocenters. The molecule has 3 unspecified atom stereocenters. The Bertz CT molecular complexity index is 559. The van der Waals surface area contributed by atoms with Crippen molar-refractivity contribution in [1.82, 2.24) is 5.32 Å². The smallest absolute Gasteiger partial charge is 0.150 e. The molecule has 0 amide bonds. The summed E-state index contributed by atoms with van der Waals surface area (Å²) in [7, 11) is -1.21. The molecule has 1 aromatic carbocycles. The highest BCUT2D eigenvalue weighted by molar-refractivity contribution is 7.91. The molecule has 5 heteroatoms. The Labute approximate surface area is 120 Å². The van der Waals surface area contributed by atoms with Gasteiger partial charge >= 0.3 is 0 Å². The summed E-state index contributed by atoms with van der Waals surface area (Å²) in [6, 6.07) is 6.60. The Kier molecular flexibility index (Phi) is 4.81. The van der Waals surface area contributed by atoms with Crippen LogP contribution >= 0.6 is 0 Å². The predicted octanol–water partition coefficient (Wildman–Crippen LogP) is 2.69. The maximum atomic E-state index is 14.0. The van der Waals surface area contributed by atoms with E-state index in [-0.39, 0.29) is 23.0 Å². The van der Waals surface area contributed by atoms with Gasteiger partial charge in [0.2, 0.25) is 0 Å². The number of hydrogen-bond donors (Lipinski definition) is 1. The van der Waals surface area contributed by atoms with Crippen LogP contribution in [-0.2, 0) is 9.84 Å². The average Bonchev–Trinajstić information content (AvgIpc) is 2.41. The fourth-order valence-electron chi connectivity index (χ4n) is 3.25. The molecule has 0 radical (unpaired) electrons. The molecule has 2 rings (SSSR count). The summed E-state index contributed by atoms with van der Waals surface area (Å²) < 4.78 is 37.5. The summed E-state index contributed by atoms with van der Waals surface area (Å²) in [4.78, 5) is 0. The van der Waals surface area contributed by atoms with E-state index in [1.54, 1.807) is 19.2 Å². The van der Waals surface area contributed by atoms with Crippen LogP contribution in [0.2, 0.25) is 0 Å². The fourth-order valence-corrected chi connectivity index (χ4v) is 4.44. The minimum atomic E-state index is -3.01. The molecule has 1 aliphatic rings. The molecule has 0 aromatic heterocycles. The van der Waals surface area contributed by atoms with Crippen LogP contribution in [0.3, 0.4) is 0 Å². The molecule has 20 heavy (non-hydrogen) atoms. The Morgan fingerprint density at radius 2 is 2.00 bits per heavy atom. The van der Waals surface area contributed by atoms with Gasteiger partial charge in [0.1, 0.15) is 15.7 Å². The van der Waals surface area contributed by atoms with Gasteiger partial charge in [0.25, 0.3) is 0 Å². The van der Waals surface area contributed by atoms with Crippen LogP contribution in [0, 0.1) is 11.7 Å². The van der Waals surface area contributed by atoms with Crippen molar-refractivity contribution in [2.24, 2.45) is 5.92 Å². The van der Waals surface area contributed by atoms with Gasteiger partial charge in [0.15, 0.2) is 0 Å². The summed E-state index contributed by atoms with van der Waals surface area (Å²) >= 11 is 0. The lowest BCUT2D eigenvalue weighted by molar-refractivity contribution is 0.278. The lowest BCUT2D eigenvalue weighted by Gasteiger charge is -2.34. The molecule has 3 nitrogen and oxygen atoms in total. The van der Waals surface area contributed by atoms with E-state index in [0.717, 1.165) is 19.3 Å². The molecule has 112 valence electrons. The molecule has 1 saturated carbocycles. The number of halogens is 1. The quantitative estimate of drug-likeness (QED) is 0.930. The number of benzene rings is 1. The Morgan fingerprint density at radius 1 is 1.30 bits per heavy atom. The van der Waals surface area contributed by atoms with Crippen LogP contribution in [0.15, 0.2) is 24.3 Å². The number of nitrogens with one attached hydrogen (secondary N) is 1. The molecular formula is C15H22FNO2S. The van der Waals surface area contributed by atoms with Crippen LogP contribution in [0.1, 0.15) is 37.3 Å². The molecule has 1 fully saturated rings. The SMILES string of the molecule is CNC(c1ccccc1F)C1CCCC(S(C)(=O)=O)C1. The van der Waals surface area contributed by atoms with Crippen molar-refractivity contribution in [3.05, 3.63) is 35.6 Å². The second kappa shape index (κ2) is 6.22. The predicted molar refractivity (Wildman–Crippen MR) is 78.8 cm³/mol. The van der Waals surface area contributed by atoms with Crippen molar-refractivity contribution in [1.29, 1.82) is 0 Å². The van der Waals surface area contributed by atoms with Gasteiger partial charge in [0.05, 0.1) is 5.25 Å². The van der Waals surface area contributed by atoms with Gasteiger partial charge in [-0.2, -0.15) is 0 Å². The van der Waals surface area contributed by atoms with Gasteiger partial charge in [-0.1, -0.05) is 24.6 Å². The minimum Gasteiger partial charge on any atom is -0.313 e. The maximum Gasteiger partial charge on any atom is 0.150 e. The average molecular weight is 299 g/mol. The molecule has 0 saturated heterocycles. The third-order valence-electron chi connectivity index (χ3n) is 4.29. The largest absolute Gasteiger partial charge is 0.313 e. The van der Waals surface area contributed by atoms with Crippen molar-refractivity contribution in [2.75, 3.05) is 13.3 Å². The van der Waals surface area contributed by atoms with Gasteiger partial charge in [-0.15, -0.1) is 0 Å². The second-order valence-electron chi connectivity index (χ2n) is 5.67. The summed E-state index contributed by atoms with van der Waals surface area (Å²) in [5.41, 5.74) is 0.633. The molecule has 1 N–H and O–H groups in total. The highest BCUT2D eigenvalue weighted by atomic mass is 32.2. The van der Waals surface area contributed by atoms with Crippen LogP contribution in [0.25, 0.3) is 0 Å². The lowest BCUT2D eigenvalue weighted by atomic mass is 9.81. The van der Waals surface area contributed by atoms with Gasteiger partial charge in [0, 0.05) is 17.9 Å². The minimum absolute atomic E-state index is 0.124. The first-order valence-corrected chi connectivity index (χ1v) is 8.99. The zero-order valence-corrected chi connectivity index (χ0v) is 12.8. The zero-order chi connectivity index (χ0) is 14.8.